The molecule has 1 amide bonds. The third-order valence-electron chi connectivity index (χ3n) is 8.00. The van der Waals surface area contributed by atoms with E-state index in [0.29, 0.717) is 17.7 Å². The molecule has 5 rings (SSSR count). The number of hydrogen-bond donors (Lipinski definition) is 1. The molecule has 1 aromatic heterocycles. The molecule has 1 aliphatic carbocycles. The summed E-state index contributed by atoms with van der Waals surface area (Å²) in [6.45, 7) is 2.84. The van der Waals surface area contributed by atoms with Gasteiger partial charge in [0.25, 0.3) is 0 Å². The van der Waals surface area contributed by atoms with E-state index in [1.54, 1.807) is 12.1 Å². The monoisotopic (exact) mass is 523 g/mol. The highest BCUT2D eigenvalue weighted by Gasteiger charge is 2.25. The largest absolute Gasteiger partial charge is 0.478 e. The Morgan fingerprint density at radius 2 is 1.74 bits per heavy atom. The van der Waals surface area contributed by atoms with E-state index < -0.39 is 5.97 Å². The number of rotatable bonds is 9. The van der Waals surface area contributed by atoms with Gasteiger partial charge in [-0.2, -0.15) is 0 Å². The van der Waals surface area contributed by atoms with Crippen molar-refractivity contribution in [1.29, 1.82) is 0 Å². The average Bonchev–Trinajstić information content (AvgIpc) is 3.32. The summed E-state index contributed by atoms with van der Waals surface area (Å²) in [5.74, 6) is 0.450. The number of imidazole rings is 1. The summed E-state index contributed by atoms with van der Waals surface area (Å²) in [5, 5.41) is 9.59. The third kappa shape index (κ3) is 5.75. The van der Waals surface area contributed by atoms with Crippen LogP contribution in [0.1, 0.15) is 73.6 Å². The predicted octanol–water partition coefficient (Wildman–Crippen LogP) is 7.34. The summed E-state index contributed by atoms with van der Waals surface area (Å²) in [7, 11) is 1.89. The van der Waals surface area contributed by atoms with Gasteiger partial charge in [0.05, 0.1) is 16.6 Å². The molecule has 0 bridgehead atoms. The number of hydrogen-bond acceptors (Lipinski definition) is 3. The lowest BCUT2D eigenvalue weighted by Crippen LogP contribution is -2.33. The van der Waals surface area contributed by atoms with Gasteiger partial charge in [0.15, 0.2) is 0 Å². The number of aromatic nitrogens is 2. The first-order valence-corrected chi connectivity index (χ1v) is 14.1. The second-order valence-electron chi connectivity index (χ2n) is 10.7. The van der Waals surface area contributed by atoms with Crippen molar-refractivity contribution >= 4 is 28.6 Å². The third-order valence-corrected chi connectivity index (χ3v) is 8.00. The maximum absolute atomic E-state index is 13.2. The predicted molar refractivity (Wildman–Crippen MR) is 156 cm³/mol. The molecular formula is C33H37N3O3. The zero-order chi connectivity index (χ0) is 27.4. The van der Waals surface area contributed by atoms with Crippen LogP contribution < -0.4 is 4.90 Å². The molecule has 1 aliphatic rings. The summed E-state index contributed by atoms with van der Waals surface area (Å²) < 4.78 is 2.27. The molecule has 1 saturated carbocycles. The average molecular weight is 524 g/mol. The van der Waals surface area contributed by atoms with E-state index in [2.05, 4.69) is 29.7 Å². The zero-order valence-corrected chi connectivity index (χ0v) is 22.9. The molecule has 0 aliphatic heterocycles. The molecule has 1 fully saturated rings. The van der Waals surface area contributed by atoms with Crippen LogP contribution in [-0.4, -0.2) is 33.6 Å². The van der Waals surface area contributed by atoms with Gasteiger partial charge in [-0.3, -0.25) is 4.79 Å². The van der Waals surface area contributed by atoms with E-state index in [4.69, 9.17) is 4.98 Å². The smallest absolute Gasteiger partial charge is 0.336 e. The molecular weight excluding hydrogens is 486 g/mol. The molecule has 39 heavy (non-hydrogen) atoms. The number of benzene rings is 3. The van der Waals surface area contributed by atoms with Gasteiger partial charge in [0.2, 0.25) is 5.91 Å². The van der Waals surface area contributed by atoms with Crippen molar-refractivity contribution in [3.05, 3.63) is 83.7 Å². The first kappa shape index (κ1) is 26.7. The van der Waals surface area contributed by atoms with Gasteiger partial charge in [-0.05, 0) is 60.2 Å². The Hall–Kier alpha value is -3.93. The maximum Gasteiger partial charge on any atom is 0.336 e. The van der Waals surface area contributed by atoms with Gasteiger partial charge in [-0.1, -0.05) is 75.1 Å². The molecule has 6 heteroatoms. The van der Waals surface area contributed by atoms with Gasteiger partial charge in [-0.25, -0.2) is 9.78 Å². The van der Waals surface area contributed by atoms with Crippen LogP contribution in [0.2, 0.25) is 0 Å². The number of fused-ring (bicyclic) bond motifs is 1. The number of aromatic carboxylic acids is 1. The van der Waals surface area contributed by atoms with Crippen molar-refractivity contribution in [3.8, 4) is 11.1 Å². The molecule has 1 N–H and O–H groups in total. The van der Waals surface area contributed by atoms with Crippen LogP contribution >= 0.6 is 0 Å². The van der Waals surface area contributed by atoms with Gasteiger partial charge in [-0.15, -0.1) is 0 Å². The van der Waals surface area contributed by atoms with Crippen LogP contribution in [0, 0.1) is 5.92 Å². The lowest BCUT2D eigenvalue weighted by atomic mass is 9.88. The Balaban J connectivity index is 1.45. The second kappa shape index (κ2) is 11.9. The molecule has 0 unspecified atom stereocenters. The number of nitrogens with zero attached hydrogens (tertiary/aromatic N) is 3. The second-order valence-corrected chi connectivity index (χ2v) is 10.7. The molecule has 0 spiro atoms. The SMILES string of the molecule is CCCCc1nc2ccc(N(C)C(=O)C3CCCCC3)cc2n1Cc1ccc(-c2ccccc2C(=O)O)cc1. The first-order valence-electron chi connectivity index (χ1n) is 14.1. The number of carbonyl (C=O) groups excluding carboxylic acids is 1. The zero-order valence-electron chi connectivity index (χ0n) is 22.9. The van der Waals surface area contributed by atoms with Crippen LogP contribution in [0.5, 0.6) is 0 Å². The number of aryl methyl sites for hydroxylation is 1. The minimum Gasteiger partial charge on any atom is -0.478 e. The van der Waals surface area contributed by atoms with Crippen molar-refractivity contribution in [1.82, 2.24) is 9.55 Å². The highest BCUT2D eigenvalue weighted by molar-refractivity contribution is 5.97. The van der Waals surface area contributed by atoms with Gasteiger partial charge < -0.3 is 14.6 Å². The summed E-state index contributed by atoms with van der Waals surface area (Å²) in [6, 6.07) is 21.3. The van der Waals surface area contributed by atoms with E-state index in [9.17, 15) is 14.7 Å². The summed E-state index contributed by atoms with van der Waals surface area (Å²) >= 11 is 0. The molecule has 3 aromatic carbocycles. The number of carboxylic acid groups (broad SMARTS) is 1. The normalized spacial score (nSPS) is 14.0. The molecule has 1 heterocycles. The molecule has 202 valence electrons. The minimum absolute atomic E-state index is 0.120. The lowest BCUT2D eigenvalue weighted by molar-refractivity contribution is -0.123. The Labute approximate surface area is 230 Å². The van der Waals surface area contributed by atoms with Crippen molar-refractivity contribution < 1.29 is 14.7 Å². The van der Waals surface area contributed by atoms with E-state index in [0.717, 1.165) is 78.6 Å². The minimum atomic E-state index is -0.928. The van der Waals surface area contributed by atoms with Crippen molar-refractivity contribution in [3.63, 3.8) is 0 Å². The highest BCUT2D eigenvalue weighted by atomic mass is 16.4. The van der Waals surface area contributed by atoms with E-state index in [1.807, 2.05) is 48.3 Å². The fourth-order valence-corrected chi connectivity index (χ4v) is 5.72. The summed E-state index contributed by atoms with van der Waals surface area (Å²) in [6.07, 6.45) is 8.50. The van der Waals surface area contributed by atoms with E-state index >= 15 is 0 Å². The summed E-state index contributed by atoms with van der Waals surface area (Å²) in [5.41, 5.74) is 5.87. The lowest BCUT2D eigenvalue weighted by Gasteiger charge is -2.26. The van der Waals surface area contributed by atoms with Crippen LogP contribution in [0.25, 0.3) is 22.2 Å². The molecule has 0 radical (unpaired) electrons. The topological polar surface area (TPSA) is 75.4 Å². The van der Waals surface area contributed by atoms with Gasteiger partial charge >= 0.3 is 5.97 Å². The molecule has 0 saturated heterocycles. The summed E-state index contributed by atoms with van der Waals surface area (Å²) in [4.78, 5) is 31.7. The van der Waals surface area contributed by atoms with Crippen LogP contribution in [0.3, 0.4) is 0 Å². The van der Waals surface area contributed by atoms with Gasteiger partial charge in [0.1, 0.15) is 5.82 Å². The standard InChI is InChI=1S/C33H37N3O3/c1-3-4-14-31-34-29-20-19-26(35(2)32(37)25-10-6-5-7-11-25)21-30(29)36(31)22-23-15-17-24(18-16-23)27-12-8-9-13-28(27)33(38)39/h8-9,12-13,15-21,25H,3-7,10-11,14,22H2,1-2H3,(H,38,39). The van der Waals surface area contributed by atoms with Crippen LogP contribution in [0.4, 0.5) is 5.69 Å². The fourth-order valence-electron chi connectivity index (χ4n) is 5.72. The Morgan fingerprint density at radius 1 is 1.00 bits per heavy atom. The van der Waals surface area contributed by atoms with Crippen molar-refractivity contribution in [2.24, 2.45) is 5.92 Å². The Morgan fingerprint density at radius 3 is 2.46 bits per heavy atom. The Kier molecular flexibility index (Phi) is 8.10. The van der Waals surface area contributed by atoms with Crippen LogP contribution in [0.15, 0.2) is 66.7 Å². The number of unbranched alkanes of at least 4 members (excludes halogenated alkanes) is 1. The van der Waals surface area contributed by atoms with E-state index in [-0.39, 0.29) is 11.8 Å². The Bertz CT molecular complexity index is 1470. The van der Waals surface area contributed by atoms with Crippen molar-refractivity contribution in [2.45, 2.75) is 64.8 Å². The fraction of sp³-hybridized carbons (Fsp3) is 0.364. The number of amides is 1. The van der Waals surface area contributed by atoms with Crippen molar-refractivity contribution in [2.75, 3.05) is 11.9 Å². The molecule has 6 nitrogen and oxygen atoms in total. The number of carboxylic acids is 1. The quantitative estimate of drug-likeness (QED) is 0.249. The number of carbonyl (C=O) groups is 2. The molecule has 4 aromatic rings. The van der Waals surface area contributed by atoms with E-state index in [1.165, 1.54) is 6.42 Å². The first-order chi connectivity index (χ1) is 19.0. The van der Waals surface area contributed by atoms with Gasteiger partial charge in [0, 0.05) is 31.6 Å². The molecule has 0 atom stereocenters. The van der Waals surface area contributed by atoms with Crippen LogP contribution in [-0.2, 0) is 17.8 Å². The maximum atomic E-state index is 13.2. The number of anilines is 1. The highest BCUT2D eigenvalue weighted by Crippen LogP contribution is 2.30.